The van der Waals surface area contributed by atoms with Gasteiger partial charge in [0.25, 0.3) is 0 Å². The van der Waals surface area contributed by atoms with Crippen molar-refractivity contribution in [3.05, 3.63) is 63.1 Å². The average Bonchev–Trinajstić information content (AvgIpc) is 2.72. The molecule has 0 aliphatic carbocycles. The van der Waals surface area contributed by atoms with Crippen molar-refractivity contribution in [1.82, 2.24) is 4.90 Å². The minimum absolute atomic E-state index is 0.0129. The summed E-state index contributed by atoms with van der Waals surface area (Å²) in [5.41, 5.74) is 25.5. The van der Waals surface area contributed by atoms with Gasteiger partial charge in [-0.05, 0) is 60.8 Å². The number of hydrogen-bond acceptors (Lipinski definition) is 5. The van der Waals surface area contributed by atoms with Crippen LogP contribution in [0.25, 0.3) is 0 Å². The number of benzene rings is 2. The summed E-state index contributed by atoms with van der Waals surface area (Å²) >= 11 is 12.5. The highest BCUT2D eigenvalue weighted by Crippen LogP contribution is 2.38. The summed E-state index contributed by atoms with van der Waals surface area (Å²) in [6.45, 7) is 2.23. The number of carboxylic acids is 1. The molecule has 0 amide bonds. The van der Waals surface area contributed by atoms with E-state index in [1.54, 1.807) is 0 Å². The van der Waals surface area contributed by atoms with E-state index in [0.717, 1.165) is 23.8 Å². The summed E-state index contributed by atoms with van der Waals surface area (Å²) in [6.07, 6.45) is 0.956. The Hall–Kier alpha value is -2.52. The molecule has 32 heavy (non-hydrogen) atoms. The van der Waals surface area contributed by atoms with Gasteiger partial charge in [-0.3, -0.25) is 9.79 Å². The topological polar surface area (TPSA) is 157 Å². The van der Waals surface area contributed by atoms with Crippen LogP contribution < -0.4 is 22.9 Å². The van der Waals surface area contributed by atoms with Crippen molar-refractivity contribution in [3.8, 4) is 0 Å². The van der Waals surface area contributed by atoms with E-state index in [4.69, 9.17) is 51.2 Å². The van der Waals surface area contributed by atoms with Crippen molar-refractivity contribution in [2.75, 3.05) is 25.9 Å². The normalized spacial score (nSPS) is 16.3. The molecule has 1 heterocycles. The lowest BCUT2D eigenvalue weighted by Crippen LogP contribution is -2.31. The minimum Gasteiger partial charge on any atom is -0.480 e. The van der Waals surface area contributed by atoms with Crippen LogP contribution in [0.15, 0.2) is 41.4 Å². The van der Waals surface area contributed by atoms with Gasteiger partial charge in [-0.2, -0.15) is 0 Å². The number of nitrogens with two attached hydrogens (primary N) is 4. The van der Waals surface area contributed by atoms with Crippen molar-refractivity contribution >= 4 is 40.8 Å². The van der Waals surface area contributed by atoms with Crippen molar-refractivity contribution in [2.45, 2.75) is 31.3 Å². The van der Waals surface area contributed by atoms with E-state index in [0.29, 0.717) is 24.4 Å². The van der Waals surface area contributed by atoms with Gasteiger partial charge in [-0.25, -0.2) is 0 Å². The van der Waals surface area contributed by atoms with Crippen LogP contribution >= 0.6 is 23.2 Å². The van der Waals surface area contributed by atoms with E-state index >= 15 is 0 Å². The number of nitrogen functional groups attached to an aromatic ring is 1. The molecule has 0 saturated heterocycles. The first-order chi connectivity index (χ1) is 15.1. The molecule has 0 saturated carbocycles. The Morgan fingerprint density at radius 1 is 1.25 bits per heavy atom. The molecular weight excluding hydrogens is 451 g/mol. The molecule has 0 fully saturated rings. The third kappa shape index (κ3) is 7.56. The van der Waals surface area contributed by atoms with Gasteiger partial charge in [0, 0.05) is 41.3 Å². The van der Waals surface area contributed by atoms with Crippen LogP contribution in [0.4, 0.5) is 5.69 Å². The molecule has 2 atom stereocenters. The Morgan fingerprint density at radius 2 is 1.91 bits per heavy atom. The molecule has 0 radical (unpaired) electrons. The largest absolute Gasteiger partial charge is 0.480 e. The smallest absolute Gasteiger partial charge is 0.320 e. The van der Waals surface area contributed by atoms with E-state index in [9.17, 15) is 4.79 Å². The van der Waals surface area contributed by atoms with Crippen LogP contribution in [-0.4, -0.2) is 48.1 Å². The first-order valence-corrected chi connectivity index (χ1v) is 10.9. The van der Waals surface area contributed by atoms with E-state index in [-0.39, 0.29) is 11.9 Å². The maximum Gasteiger partial charge on any atom is 0.320 e. The number of carboxylic acid groups (broad SMARTS) is 1. The van der Waals surface area contributed by atoms with Gasteiger partial charge in [-0.1, -0.05) is 35.3 Å². The highest BCUT2D eigenvalue weighted by atomic mass is 35.5. The summed E-state index contributed by atoms with van der Waals surface area (Å²) in [7, 11) is 2.11. The van der Waals surface area contributed by atoms with Gasteiger partial charge in [-0.15, -0.1) is 0 Å². The van der Waals surface area contributed by atoms with Crippen LogP contribution in [0.1, 0.15) is 35.4 Å². The summed E-state index contributed by atoms with van der Waals surface area (Å²) in [4.78, 5) is 16.2. The van der Waals surface area contributed by atoms with E-state index in [1.165, 1.54) is 16.7 Å². The van der Waals surface area contributed by atoms with Crippen LogP contribution in [0.3, 0.4) is 0 Å². The van der Waals surface area contributed by atoms with Gasteiger partial charge in [0.1, 0.15) is 6.04 Å². The Morgan fingerprint density at radius 3 is 2.50 bits per heavy atom. The second-order valence-electron chi connectivity index (χ2n) is 7.76. The highest BCUT2D eigenvalue weighted by molar-refractivity contribution is 6.35. The van der Waals surface area contributed by atoms with Crippen LogP contribution in [0, 0.1) is 0 Å². The number of guanidine groups is 1. The maximum atomic E-state index is 10.2. The standard InChI is InChI=1S/C16H16Cl2N2.C6H14N4O2/c1-20-8-14(10-2-4-12(19)5-3-10)13-6-11(17)7-16(18)15(13)9-20;7-4(5(11)12)2-1-3-10-6(8)9/h2-7,14H,8-9,19H2,1H3;4H,1-3,7H2,(H,11,12)(H4,8,9,10)/t;4-/m.0/s1. The van der Waals surface area contributed by atoms with Gasteiger partial charge < -0.3 is 32.9 Å². The Kier molecular flexibility index (Phi) is 9.59. The molecular formula is C22H30Cl2N6O2. The lowest BCUT2D eigenvalue weighted by Gasteiger charge is -2.33. The number of likely N-dealkylation sites (N-methyl/N-ethyl adjacent to an activating group) is 1. The number of anilines is 1. The molecule has 9 N–H and O–H groups in total. The third-order valence-electron chi connectivity index (χ3n) is 5.12. The SMILES string of the molecule is CN1Cc2c(Cl)cc(Cl)cc2C(c2ccc(N)cc2)C1.NC(N)=NCCC[C@H](N)C(=O)O. The van der Waals surface area contributed by atoms with Gasteiger partial charge in [0.05, 0.1) is 0 Å². The maximum absolute atomic E-state index is 10.2. The number of fused-ring (bicyclic) bond motifs is 1. The van der Waals surface area contributed by atoms with Crippen molar-refractivity contribution in [1.29, 1.82) is 0 Å². The Labute approximate surface area is 198 Å². The number of aliphatic imine (C=N–C) groups is 1. The van der Waals surface area contributed by atoms with Crippen LogP contribution in [-0.2, 0) is 11.3 Å². The summed E-state index contributed by atoms with van der Waals surface area (Å²) < 4.78 is 0. The second kappa shape index (κ2) is 11.9. The molecule has 1 aliphatic rings. The second-order valence-corrected chi connectivity index (χ2v) is 8.61. The molecule has 174 valence electrons. The highest BCUT2D eigenvalue weighted by Gasteiger charge is 2.26. The van der Waals surface area contributed by atoms with Crippen molar-refractivity contribution in [2.24, 2.45) is 22.2 Å². The zero-order chi connectivity index (χ0) is 23.8. The van der Waals surface area contributed by atoms with Gasteiger partial charge in [0.2, 0.25) is 0 Å². The molecule has 8 nitrogen and oxygen atoms in total. The average molecular weight is 481 g/mol. The zero-order valence-electron chi connectivity index (χ0n) is 18.0. The third-order valence-corrected chi connectivity index (χ3v) is 5.67. The predicted octanol–water partition coefficient (Wildman–Crippen LogP) is 2.60. The van der Waals surface area contributed by atoms with E-state index < -0.39 is 12.0 Å². The lowest BCUT2D eigenvalue weighted by atomic mass is 9.85. The van der Waals surface area contributed by atoms with Crippen LogP contribution in [0.2, 0.25) is 10.0 Å². The number of carbonyl (C=O) groups is 1. The van der Waals surface area contributed by atoms with E-state index in [2.05, 4.69) is 29.1 Å². The first kappa shape index (κ1) is 25.7. The monoisotopic (exact) mass is 480 g/mol. The summed E-state index contributed by atoms with van der Waals surface area (Å²) in [5, 5.41) is 9.82. The van der Waals surface area contributed by atoms with E-state index in [1.807, 2.05) is 24.3 Å². The molecule has 0 bridgehead atoms. The molecule has 1 aliphatic heterocycles. The number of nitrogens with zero attached hydrogens (tertiary/aromatic N) is 2. The lowest BCUT2D eigenvalue weighted by molar-refractivity contribution is -0.138. The van der Waals surface area contributed by atoms with Crippen molar-refractivity contribution in [3.63, 3.8) is 0 Å². The molecule has 1 unspecified atom stereocenters. The molecule has 2 aromatic rings. The first-order valence-electron chi connectivity index (χ1n) is 10.1. The van der Waals surface area contributed by atoms with Gasteiger partial charge in [0.15, 0.2) is 5.96 Å². The minimum atomic E-state index is -1.00. The Balaban J connectivity index is 0.000000262. The zero-order valence-corrected chi connectivity index (χ0v) is 19.5. The molecule has 3 rings (SSSR count). The quantitative estimate of drug-likeness (QED) is 0.184. The number of hydrogen-bond donors (Lipinski definition) is 5. The summed E-state index contributed by atoms with van der Waals surface area (Å²) in [5.74, 6) is -0.709. The van der Waals surface area contributed by atoms with Crippen LogP contribution in [0.5, 0.6) is 0 Å². The fourth-order valence-electron chi connectivity index (χ4n) is 3.50. The fraction of sp³-hybridized carbons (Fsp3) is 0.364. The predicted molar refractivity (Wildman–Crippen MR) is 131 cm³/mol. The molecule has 10 heteroatoms. The van der Waals surface area contributed by atoms with Crippen molar-refractivity contribution < 1.29 is 9.90 Å². The summed E-state index contributed by atoms with van der Waals surface area (Å²) in [6, 6.07) is 11.1. The molecule has 0 spiro atoms. The van der Waals surface area contributed by atoms with Gasteiger partial charge >= 0.3 is 5.97 Å². The molecule has 0 aromatic heterocycles. The number of halogens is 2. The Bertz CT molecular complexity index is 948. The fourth-order valence-corrected chi connectivity index (χ4v) is 4.07. The number of aliphatic carboxylic acids is 1. The molecule has 2 aromatic carbocycles. The number of rotatable bonds is 6.